The molecule has 0 unspecified atom stereocenters. The van der Waals surface area contributed by atoms with Crippen molar-refractivity contribution in [3.05, 3.63) is 44.0 Å². The molecule has 1 aliphatic carbocycles. The standard InChI is InChI=1S/C16H18N2O8/c1-2-25-16(20)13-5-3-4-6-14(13)26-15(19)10-7-11(17(21)22)9-12(8-10)18(23)24/h7-9,13-14H,2-6H2,1H3/t13-,14-/m0/s1. The van der Waals surface area contributed by atoms with Crippen molar-refractivity contribution in [2.24, 2.45) is 5.92 Å². The van der Waals surface area contributed by atoms with Crippen LogP contribution in [0.5, 0.6) is 0 Å². The summed E-state index contributed by atoms with van der Waals surface area (Å²) in [5.41, 5.74) is -1.48. The third-order valence-electron chi connectivity index (χ3n) is 4.11. The fourth-order valence-electron chi connectivity index (χ4n) is 2.89. The number of hydrogen-bond donors (Lipinski definition) is 0. The van der Waals surface area contributed by atoms with E-state index in [0.717, 1.165) is 31.0 Å². The Morgan fingerprint density at radius 3 is 2.19 bits per heavy atom. The monoisotopic (exact) mass is 366 g/mol. The zero-order chi connectivity index (χ0) is 19.3. The maximum Gasteiger partial charge on any atom is 0.338 e. The molecular formula is C16H18N2O8. The molecule has 2 atom stereocenters. The van der Waals surface area contributed by atoms with Crippen molar-refractivity contribution in [1.29, 1.82) is 0 Å². The normalized spacial score (nSPS) is 19.4. The number of carbonyl (C=O) groups excluding carboxylic acids is 2. The molecule has 0 heterocycles. The molecule has 10 heteroatoms. The highest BCUT2D eigenvalue weighted by molar-refractivity contribution is 5.91. The molecule has 0 bridgehead atoms. The lowest BCUT2D eigenvalue weighted by atomic mass is 9.86. The first-order valence-corrected chi connectivity index (χ1v) is 8.15. The molecule has 26 heavy (non-hydrogen) atoms. The summed E-state index contributed by atoms with van der Waals surface area (Å²) in [4.78, 5) is 44.6. The minimum absolute atomic E-state index is 0.201. The predicted molar refractivity (Wildman–Crippen MR) is 87.5 cm³/mol. The summed E-state index contributed by atoms with van der Waals surface area (Å²) in [7, 11) is 0. The molecule has 1 aromatic rings. The third kappa shape index (κ3) is 4.52. The van der Waals surface area contributed by atoms with E-state index in [1.165, 1.54) is 0 Å². The molecule has 0 spiro atoms. The van der Waals surface area contributed by atoms with Gasteiger partial charge in [0.1, 0.15) is 6.10 Å². The molecule has 10 nitrogen and oxygen atoms in total. The fourth-order valence-corrected chi connectivity index (χ4v) is 2.89. The van der Waals surface area contributed by atoms with Gasteiger partial charge in [0.2, 0.25) is 0 Å². The van der Waals surface area contributed by atoms with Crippen LogP contribution in [0.2, 0.25) is 0 Å². The quantitative estimate of drug-likeness (QED) is 0.425. The van der Waals surface area contributed by atoms with Gasteiger partial charge in [0.05, 0.1) is 34.0 Å². The Kier molecular flexibility index (Phi) is 6.21. The molecule has 140 valence electrons. The van der Waals surface area contributed by atoms with Gasteiger partial charge in [0, 0.05) is 12.1 Å². The number of nitro benzene ring substituents is 2. The first kappa shape index (κ1) is 19.3. The van der Waals surface area contributed by atoms with E-state index in [1.54, 1.807) is 6.92 Å². The summed E-state index contributed by atoms with van der Waals surface area (Å²) in [5.74, 6) is -2.02. The van der Waals surface area contributed by atoms with Crippen LogP contribution in [-0.2, 0) is 14.3 Å². The number of nitrogens with zero attached hydrogens (tertiary/aromatic N) is 2. The third-order valence-corrected chi connectivity index (χ3v) is 4.11. The Balaban J connectivity index is 2.23. The highest BCUT2D eigenvalue weighted by Gasteiger charge is 2.35. The molecule has 0 saturated heterocycles. The maximum atomic E-state index is 12.4. The van der Waals surface area contributed by atoms with Crippen molar-refractivity contribution in [1.82, 2.24) is 0 Å². The molecular weight excluding hydrogens is 348 g/mol. The summed E-state index contributed by atoms with van der Waals surface area (Å²) in [6.45, 7) is 1.87. The molecule has 0 aliphatic heterocycles. The van der Waals surface area contributed by atoms with Crippen molar-refractivity contribution in [3.63, 3.8) is 0 Å². The second-order valence-corrected chi connectivity index (χ2v) is 5.84. The van der Waals surface area contributed by atoms with Crippen LogP contribution < -0.4 is 0 Å². The first-order valence-electron chi connectivity index (χ1n) is 8.15. The van der Waals surface area contributed by atoms with Crippen LogP contribution >= 0.6 is 0 Å². The molecule has 1 aromatic carbocycles. The van der Waals surface area contributed by atoms with Gasteiger partial charge >= 0.3 is 11.9 Å². The number of hydrogen-bond acceptors (Lipinski definition) is 8. The molecule has 1 saturated carbocycles. The Morgan fingerprint density at radius 1 is 1.08 bits per heavy atom. The SMILES string of the molecule is CCOC(=O)[C@H]1CCCC[C@@H]1OC(=O)c1cc([N+](=O)[O-])cc([N+](=O)[O-])c1. The zero-order valence-electron chi connectivity index (χ0n) is 14.1. The van der Waals surface area contributed by atoms with Crippen LogP contribution in [0.15, 0.2) is 18.2 Å². The minimum atomic E-state index is -0.946. The average Bonchev–Trinajstić information content (AvgIpc) is 2.61. The van der Waals surface area contributed by atoms with E-state index in [0.29, 0.717) is 12.8 Å². The molecule has 0 radical (unpaired) electrons. The van der Waals surface area contributed by atoms with Crippen molar-refractivity contribution in [3.8, 4) is 0 Å². The predicted octanol–water partition coefficient (Wildman–Crippen LogP) is 2.78. The number of ether oxygens (including phenoxy) is 2. The van der Waals surface area contributed by atoms with Crippen molar-refractivity contribution < 1.29 is 28.9 Å². The topological polar surface area (TPSA) is 139 Å². The number of esters is 2. The van der Waals surface area contributed by atoms with E-state index >= 15 is 0 Å². The second kappa shape index (κ2) is 8.37. The van der Waals surface area contributed by atoms with E-state index in [9.17, 15) is 29.8 Å². The van der Waals surface area contributed by atoms with Crippen LogP contribution in [0.1, 0.15) is 43.0 Å². The lowest BCUT2D eigenvalue weighted by Crippen LogP contribution is -2.36. The highest BCUT2D eigenvalue weighted by Crippen LogP contribution is 2.30. The Morgan fingerprint density at radius 2 is 1.65 bits per heavy atom. The van der Waals surface area contributed by atoms with Crippen LogP contribution in [0.3, 0.4) is 0 Å². The van der Waals surface area contributed by atoms with Gasteiger partial charge in [-0.15, -0.1) is 0 Å². The zero-order valence-corrected chi connectivity index (χ0v) is 14.1. The summed E-state index contributed by atoms with van der Waals surface area (Å²) >= 11 is 0. The Labute approximate surface area is 148 Å². The van der Waals surface area contributed by atoms with E-state index in [-0.39, 0.29) is 12.2 Å². The van der Waals surface area contributed by atoms with Gasteiger partial charge in [-0.1, -0.05) is 6.42 Å². The number of non-ortho nitro benzene ring substituents is 2. The Hall–Kier alpha value is -3.04. The van der Waals surface area contributed by atoms with Crippen molar-refractivity contribution in [2.75, 3.05) is 6.61 Å². The van der Waals surface area contributed by atoms with Gasteiger partial charge in [0.25, 0.3) is 11.4 Å². The van der Waals surface area contributed by atoms with Crippen molar-refractivity contribution in [2.45, 2.75) is 38.7 Å². The van der Waals surface area contributed by atoms with Gasteiger partial charge in [-0.2, -0.15) is 0 Å². The van der Waals surface area contributed by atoms with E-state index in [1.807, 2.05) is 0 Å². The molecule has 2 rings (SSSR count). The lowest BCUT2D eigenvalue weighted by Gasteiger charge is -2.29. The van der Waals surface area contributed by atoms with Crippen LogP contribution in [0.25, 0.3) is 0 Å². The summed E-state index contributed by atoms with van der Waals surface area (Å²) in [6.07, 6.45) is 1.77. The molecule has 0 N–H and O–H groups in total. The van der Waals surface area contributed by atoms with Crippen LogP contribution in [0, 0.1) is 26.1 Å². The summed E-state index contributed by atoms with van der Waals surface area (Å²) in [5, 5.41) is 21.8. The fraction of sp³-hybridized carbons (Fsp3) is 0.500. The van der Waals surface area contributed by atoms with Crippen molar-refractivity contribution >= 4 is 23.3 Å². The molecule has 0 aromatic heterocycles. The maximum absolute atomic E-state index is 12.4. The van der Waals surface area contributed by atoms with E-state index in [4.69, 9.17) is 9.47 Å². The number of benzene rings is 1. The van der Waals surface area contributed by atoms with Gasteiger partial charge in [-0.05, 0) is 26.2 Å². The van der Waals surface area contributed by atoms with Gasteiger partial charge < -0.3 is 9.47 Å². The largest absolute Gasteiger partial charge is 0.466 e. The number of nitro groups is 2. The Bertz CT molecular complexity index is 701. The van der Waals surface area contributed by atoms with Crippen LogP contribution in [-0.4, -0.2) is 34.5 Å². The van der Waals surface area contributed by atoms with Gasteiger partial charge in [0.15, 0.2) is 0 Å². The van der Waals surface area contributed by atoms with Gasteiger partial charge in [-0.3, -0.25) is 25.0 Å². The molecule has 1 aliphatic rings. The highest BCUT2D eigenvalue weighted by atomic mass is 16.6. The lowest BCUT2D eigenvalue weighted by molar-refractivity contribution is -0.394. The first-order chi connectivity index (χ1) is 12.3. The molecule has 0 amide bonds. The minimum Gasteiger partial charge on any atom is -0.466 e. The number of carbonyl (C=O) groups is 2. The summed E-state index contributed by atoms with van der Waals surface area (Å²) < 4.78 is 10.3. The smallest absolute Gasteiger partial charge is 0.338 e. The van der Waals surface area contributed by atoms with E-state index < -0.39 is 45.2 Å². The second-order valence-electron chi connectivity index (χ2n) is 5.84. The van der Waals surface area contributed by atoms with E-state index in [2.05, 4.69) is 0 Å². The number of rotatable bonds is 6. The van der Waals surface area contributed by atoms with Crippen LogP contribution in [0.4, 0.5) is 11.4 Å². The van der Waals surface area contributed by atoms with Gasteiger partial charge in [-0.25, -0.2) is 4.79 Å². The summed E-state index contributed by atoms with van der Waals surface area (Å²) in [6, 6.07) is 2.59. The molecule has 1 fully saturated rings. The average molecular weight is 366 g/mol.